The fraction of sp³-hybridized carbons (Fsp3) is 0.611. The minimum Gasteiger partial charge on any atom is -0.339 e. The van der Waals surface area contributed by atoms with Crippen LogP contribution in [0.15, 0.2) is 30.3 Å². The lowest BCUT2D eigenvalue weighted by atomic mass is 9.84. The highest BCUT2D eigenvalue weighted by Crippen LogP contribution is 2.32. The van der Waals surface area contributed by atoms with Crippen LogP contribution < -0.4 is 0 Å². The molecule has 2 aliphatic carbocycles. The van der Waals surface area contributed by atoms with Crippen LogP contribution in [0.1, 0.15) is 50.5 Å². The second kappa shape index (κ2) is 6.43. The van der Waals surface area contributed by atoms with Crippen molar-refractivity contribution in [2.45, 2.75) is 57.4 Å². The van der Waals surface area contributed by atoms with Crippen molar-refractivity contribution in [2.24, 2.45) is 5.92 Å². The first-order valence-corrected chi connectivity index (χ1v) is 8.19. The first-order valence-electron chi connectivity index (χ1n) is 8.19. The molecule has 2 nitrogen and oxygen atoms in total. The molecule has 0 radical (unpaired) electrons. The summed E-state index contributed by atoms with van der Waals surface area (Å²) < 4.78 is 0. The van der Waals surface area contributed by atoms with Gasteiger partial charge in [-0.15, -0.1) is 0 Å². The molecule has 0 N–H and O–H groups in total. The summed E-state index contributed by atoms with van der Waals surface area (Å²) in [6.07, 6.45) is 9.50. The minimum atomic E-state index is 0.339. The molecule has 1 aromatic rings. The number of carbonyl (C=O) groups excluding carboxylic acids is 1. The molecule has 0 atom stereocenters. The fourth-order valence-electron chi connectivity index (χ4n) is 3.47. The second-order valence-corrected chi connectivity index (χ2v) is 6.33. The lowest BCUT2D eigenvalue weighted by molar-refractivity contribution is -0.140. The van der Waals surface area contributed by atoms with Crippen LogP contribution in [0.25, 0.3) is 0 Å². The van der Waals surface area contributed by atoms with Crippen LogP contribution in [-0.2, 0) is 11.2 Å². The lowest BCUT2D eigenvalue weighted by Crippen LogP contribution is -2.45. The van der Waals surface area contributed by atoms with Gasteiger partial charge in [0, 0.05) is 18.5 Å². The van der Waals surface area contributed by atoms with Gasteiger partial charge in [0.25, 0.3) is 0 Å². The number of hydrogen-bond donors (Lipinski definition) is 0. The Morgan fingerprint density at radius 3 is 2.30 bits per heavy atom. The van der Waals surface area contributed by atoms with E-state index in [1.807, 2.05) is 0 Å². The number of benzene rings is 1. The number of amides is 1. The maximum Gasteiger partial charge on any atom is 0.225 e. The molecule has 2 saturated carbocycles. The third kappa shape index (κ3) is 3.05. The van der Waals surface area contributed by atoms with Crippen molar-refractivity contribution in [3.63, 3.8) is 0 Å². The molecule has 0 heterocycles. The summed E-state index contributed by atoms with van der Waals surface area (Å²) in [6.45, 7) is 0.907. The number of hydrogen-bond acceptors (Lipinski definition) is 1. The Morgan fingerprint density at radius 2 is 1.70 bits per heavy atom. The molecule has 0 aliphatic heterocycles. The lowest BCUT2D eigenvalue weighted by Gasteiger charge is -2.35. The topological polar surface area (TPSA) is 20.3 Å². The van der Waals surface area contributed by atoms with Crippen molar-refractivity contribution in [2.75, 3.05) is 6.54 Å². The molecule has 0 bridgehead atoms. The summed E-state index contributed by atoms with van der Waals surface area (Å²) in [7, 11) is 0. The molecule has 1 aromatic carbocycles. The second-order valence-electron chi connectivity index (χ2n) is 6.33. The van der Waals surface area contributed by atoms with Crippen molar-refractivity contribution in [1.29, 1.82) is 0 Å². The molecule has 2 fully saturated rings. The van der Waals surface area contributed by atoms with Crippen LogP contribution in [0.4, 0.5) is 0 Å². The average Bonchev–Trinajstić information content (AvgIpc) is 2.92. The fourth-order valence-corrected chi connectivity index (χ4v) is 3.47. The molecule has 108 valence electrons. The molecular weight excluding hydrogens is 246 g/mol. The number of rotatable bonds is 5. The molecular formula is C18H25NO. The maximum absolute atomic E-state index is 12.7. The van der Waals surface area contributed by atoms with Gasteiger partial charge in [-0.05, 0) is 37.7 Å². The van der Waals surface area contributed by atoms with Crippen molar-refractivity contribution >= 4 is 5.91 Å². The summed E-state index contributed by atoms with van der Waals surface area (Å²) in [5.41, 5.74) is 1.34. The zero-order chi connectivity index (χ0) is 13.8. The summed E-state index contributed by atoms with van der Waals surface area (Å²) in [5, 5.41) is 0. The van der Waals surface area contributed by atoms with Gasteiger partial charge in [-0.1, -0.05) is 49.6 Å². The van der Waals surface area contributed by atoms with Gasteiger partial charge in [0.05, 0.1) is 0 Å². The van der Waals surface area contributed by atoms with Crippen LogP contribution >= 0.6 is 0 Å². The quantitative estimate of drug-likeness (QED) is 0.797. The van der Waals surface area contributed by atoms with Gasteiger partial charge in [0.15, 0.2) is 0 Å². The predicted octanol–water partition coefficient (Wildman–Crippen LogP) is 3.80. The number of nitrogens with zero attached hydrogens (tertiary/aromatic N) is 1. The molecule has 0 saturated heterocycles. The van der Waals surface area contributed by atoms with E-state index in [9.17, 15) is 4.79 Å². The zero-order valence-electron chi connectivity index (χ0n) is 12.3. The standard InChI is InChI=1S/C18H25NO/c20-18(16-9-6-10-16)19(17-11-4-5-12-17)14-13-15-7-2-1-3-8-15/h1-3,7-8,16-17H,4-6,9-14H2. The SMILES string of the molecule is O=C(C1CCC1)N(CCc1ccccc1)C1CCCC1. The van der Waals surface area contributed by atoms with E-state index in [0.29, 0.717) is 17.9 Å². The summed E-state index contributed by atoms with van der Waals surface area (Å²) in [6, 6.07) is 11.1. The van der Waals surface area contributed by atoms with Crippen molar-refractivity contribution in [1.82, 2.24) is 4.90 Å². The third-order valence-corrected chi connectivity index (χ3v) is 4.99. The molecule has 0 aromatic heterocycles. The molecule has 20 heavy (non-hydrogen) atoms. The molecule has 2 aliphatic rings. The van der Waals surface area contributed by atoms with Crippen molar-refractivity contribution in [3.05, 3.63) is 35.9 Å². The Morgan fingerprint density at radius 1 is 1.00 bits per heavy atom. The van der Waals surface area contributed by atoms with Gasteiger partial charge < -0.3 is 4.90 Å². The normalized spacial score (nSPS) is 19.8. The van der Waals surface area contributed by atoms with Crippen LogP contribution in [-0.4, -0.2) is 23.4 Å². The Balaban J connectivity index is 1.63. The van der Waals surface area contributed by atoms with E-state index < -0.39 is 0 Å². The summed E-state index contributed by atoms with van der Waals surface area (Å²) in [5.74, 6) is 0.783. The smallest absolute Gasteiger partial charge is 0.225 e. The molecule has 1 amide bonds. The van der Waals surface area contributed by atoms with E-state index in [1.54, 1.807) is 0 Å². The Kier molecular flexibility index (Phi) is 4.39. The van der Waals surface area contributed by atoms with E-state index in [2.05, 4.69) is 35.2 Å². The third-order valence-electron chi connectivity index (χ3n) is 4.99. The van der Waals surface area contributed by atoms with Crippen LogP contribution in [0, 0.1) is 5.92 Å². The van der Waals surface area contributed by atoms with Crippen molar-refractivity contribution in [3.8, 4) is 0 Å². The van der Waals surface area contributed by atoms with E-state index in [-0.39, 0.29) is 0 Å². The van der Waals surface area contributed by atoms with Crippen LogP contribution in [0.3, 0.4) is 0 Å². The highest BCUT2D eigenvalue weighted by Gasteiger charge is 2.33. The van der Waals surface area contributed by atoms with Gasteiger partial charge in [0.1, 0.15) is 0 Å². The first-order chi connectivity index (χ1) is 9.84. The molecule has 2 heteroatoms. The van der Waals surface area contributed by atoms with E-state index in [1.165, 1.54) is 37.7 Å². The Bertz CT molecular complexity index is 432. The average molecular weight is 271 g/mol. The molecule has 0 spiro atoms. The molecule has 3 rings (SSSR count). The van der Waals surface area contributed by atoms with Crippen molar-refractivity contribution < 1.29 is 4.79 Å². The minimum absolute atomic E-state index is 0.339. The van der Waals surface area contributed by atoms with Gasteiger partial charge >= 0.3 is 0 Å². The monoisotopic (exact) mass is 271 g/mol. The maximum atomic E-state index is 12.7. The van der Waals surface area contributed by atoms with E-state index in [4.69, 9.17) is 0 Å². The van der Waals surface area contributed by atoms with E-state index >= 15 is 0 Å². The first kappa shape index (κ1) is 13.7. The molecule has 0 unspecified atom stereocenters. The Labute approximate surface area is 122 Å². The predicted molar refractivity (Wildman–Crippen MR) is 81.5 cm³/mol. The highest BCUT2D eigenvalue weighted by molar-refractivity contribution is 5.80. The van der Waals surface area contributed by atoms with Gasteiger partial charge in [-0.2, -0.15) is 0 Å². The number of carbonyl (C=O) groups is 1. The van der Waals surface area contributed by atoms with Gasteiger partial charge in [-0.25, -0.2) is 0 Å². The van der Waals surface area contributed by atoms with Gasteiger partial charge in [0.2, 0.25) is 5.91 Å². The van der Waals surface area contributed by atoms with E-state index in [0.717, 1.165) is 25.8 Å². The summed E-state index contributed by atoms with van der Waals surface area (Å²) in [4.78, 5) is 14.9. The Hall–Kier alpha value is -1.31. The zero-order valence-corrected chi connectivity index (χ0v) is 12.3. The summed E-state index contributed by atoms with van der Waals surface area (Å²) >= 11 is 0. The largest absolute Gasteiger partial charge is 0.339 e. The van der Waals surface area contributed by atoms with Crippen LogP contribution in [0.2, 0.25) is 0 Å². The van der Waals surface area contributed by atoms with Gasteiger partial charge in [-0.3, -0.25) is 4.79 Å². The highest BCUT2D eigenvalue weighted by atomic mass is 16.2. The van der Waals surface area contributed by atoms with Crippen LogP contribution in [0.5, 0.6) is 0 Å².